The first-order valence-electron chi connectivity index (χ1n) is 34.4. The first-order valence-corrected chi connectivity index (χ1v) is 34.4. The Morgan fingerprint density at radius 2 is 0.662 bits per heavy atom. The number of carbonyl (C=O) groups excluding carboxylic acids is 2. The summed E-state index contributed by atoms with van der Waals surface area (Å²) < 4.78 is 5.48. The molecule has 452 valence electrons. The number of ether oxygens (including phenoxy) is 1. The Morgan fingerprint density at radius 3 is 1.04 bits per heavy atom. The van der Waals surface area contributed by atoms with Crippen LogP contribution in [0.25, 0.3) is 0 Å². The van der Waals surface area contributed by atoms with Gasteiger partial charge in [0.2, 0.25) is 5.91 Å². The van der Waals surface area contributed by atoms with Crippen LogP contribution in [0.1, 0.15) is 367 Å². The van der Waals surface area contributed by atoms with Crippen LogP contribution in [0, 0.1) is 0 Å². The molecule has 1 amide bonds. The maximum Gasteiger partial charge on any atom is 0.305 e. The molecule has 2 atom stereocenters. The number of nitrogens with one attached hydrogen (secondary N) is 1. The van der Waals surface area contributed by atoms with Gasteiger partial charge in [-0.05, 0) is 83.5 Å². The van der Waals surface area contributed by atoms with Crippen molar-refractivity contribution in [1.29, 1.82) is 0 Å². The lowest BCUT2D eigenvalue weighted by Crippen LogP contribution is -2.45. The van der Waals surface area contributed by atoms with E-state index < -0.39 is 12.1 Å². The molecule has 0 aromatic heterocycles. The second-order valence-electron chi connectivity index (χ2n) is 23.5. The molecule has 0 aliphatic rings. The molecule has 0 radical (unpaired) electrons. The molecular weight excluding hydrogens is 947 g/mol. The van der Waals surface area contributed by atoms with Gasteiger partial charge in [0.05, 0.1) is 25.4 Å². The van der Waals surface area contributed by atoms with Gasteiger partial charge >= 0.3 is 5.97 Å². The minimum Gasteiger partial charge on any atom is -0.466 e. The fourth-order valence-electron chi connectivity index (χ4n) is 10.5. The highest BCUT2D eigenvalue weighted by Crippen LogP contribution is 2.18. The van der Waals surface area contributed by atoms with Gasteiger partial charge in [0.1, 0.15) is 0 Å². The van der Waals surface area contributed by atoms with Gasteiger partial charge < -0.3 is 20.3 Å². The van der Waals surface area contributed by atoms with Crippen LogP contribution in [0.4, 0.5) is 0 Å². The van der Waals surface area contributed by atoms with Gasteiger partial charge in [0, 0.05) is 12.8 Å². The molecule has 6 nitrogen and oxygen atoms in total. The van der Waals surface area contributed by atoms with E-state index in [1.165, 1.54) is 289 Å². The molecule has 0 heterocycles. The quantitative estimate of drug-likeness (QED) is 0.0320. The van der Waals surface area contributed by atoms with Gasteiger partial charge in [-0.2, -0.15) is 0 Å². The zero-order valence-electron chi connectivity index (χ0n) is 51.7. The van der Waals surface area contributed by atoms with Crippen molar-refractivity contribution in [3.63, 3.8) is 0 Å². The lowest BCUT2D eigenvalue weighted by atomic mass is 10.0. The topological polar surface area (TPSA) is 95.9 Å². The third-order valence-electron chi connectivity index (χ3n) is 15.8. The van der Waals surface area contributed by atoms with E-state index >= 15 is 0 Å². The third-order valence-corrected chi connectivity index (χ3v) is 15.8. The number of carbonyl (C=O) groups is 2. The molecular formula is C71H133NO5. The van der Waals surface area contributed by atoms with Crippen LogP contribution in [-0.2, 0) is 14.3 Å². The lowest BCUT2D eigenvalue weighted by molar-refractivity contribution is -0.143. The van der Waals surface area contributed by atoms with Gasteiger partial charge in [-0.25, -0.2) is 0 Å². The number of unbranched alkanes of at least 4 members (excludes halogenated alkanes) is 47. The molecule has 0 aliphatic carbocycles. The number of rotatable bonds is 64. The van der Waals surface area contributed by atoms with Gasteiger partial charge in [0.25, 0.3) is 0 Å². The van der Waals surface area contributed by atoms with E-state index in [1.54, 1.807) is 6.08 Å². The van der Waals surface area contributed by atoms with Crippen molar-refractivity contribution in [2.75, 3.05) is 13.2 Å². The maximum absolute atomic E-state index is 12.5. The molecule has 0 bridgehead atoms. The van der Waals surface area contributed by atoms with Crippen molar-refractivity contribution in [3.8, 4) is 0 Å². The zero-order chi connectivity index (χ0) is 55.7. The standard InChI is InChI=1S/C71H133NO5/c1-3-5-7-9-11-13-15-17-19-36-39-43-47-51-55-59-63-69(74)68(67-73)72-70(75)64-60-56-52-48-44-40-37-34-32-30-28-26-24-22-20-21-23-25-27-29-31-33-35-38-42-46-50-54-58-62-66-77-71(76)65-61-57-53-49-45-41-18-16-14-12-10-8-6-4-2/h10,12,16,18,21,23,59,63,68-69,73-74H,3-9,11,13-15,17,19-20,22,24-58,60-62,64-67H2,1-2H3,(H,72,75)/b12-10-,18-16-,23-21-,63-59+. The monoisotopic (exact) mass is 1080 g/mol. The molecule has 6 heteroatoms. The Hall–Kier alpha value is -2.18. The van der Waals surface area contributed by atoms with E-state index in [4.69, 9.17) is 4.74 Å². The summed E-state index contributed by atoms with van der Waals surface area (Å²) in [7, 11) is 0. The van der Waals surface area contributed by atoms with E-state index in [0.717, 1.165) is 51.4 Å². The van der Waals surface area contributed by atoms with E-state index in [0.29, 0.717) is 19.4 Å². The number of aliphatic hydroxyl groups excluding tert-OH is 2. The third kappa shape index (κ3) is 62.9. The van der Waals surface area contributed by atoms with Gasteiger partial charge in [-0.1, -0.05) is 319 Å². The molecule has 0 spiro atoms. The summed E-state index contributed by atoms with van der Waals surface area (Å²) in [6, 6.07) is -0.627. The summed E-state index contributed by atoms with van der Waals surface area (Å²) in [5.41, 5.74) is 0. The van der Waals surface area contributed by atoms with Crippen molar-refractivity contribution >= 4 is 11.9 Å². The Balaban J connectivity index is 3.39. The molecule has 0 saturated carbocycles. The second kappa shape index (κ2) is 66.3. The number of esters is 1. The van der Waals surface area contributed by atoms with Crippen LogP contribution < -0.4 is 5.32 Å². The van der Waals surface area contributed by atoms with Crippen molar-refractivity contribution < 1.29 is 24.5 Å². The first-order chi connectivity index (χ1) is 38.0. The summed E-state index contributed by atoms with van der Waals surface area (Å²) in [5.74, 6) is -0.0626. The summed E-state index contributed by atoms with van der Waals surface area (Å²) in [5, 5.41) is 23.2. The smallest absolute Gasteiger partial charge is 0.305 e. The molecule has 0 aliphatic heterocycles. The Bertz CT molecular complexity index is 1290. The average molecular weight is 1080 g/mol. The van der Waals surface area contributed by atoms with E-state index in [9.17, 15) is 19.8 Å². The van der Waals surface area contributed by atoms with Crippen molar-refractivity contribution in [2.45, 2.75) is 379 Å². The van der Waals surface area contributed by atoms with Crippen LogP contribution in [0.2, 0.25) is 0 Å². The lowest BCUT2D eigenvalue weighted by Gasteiger charge is -2.20. The molecule has 2 unspecified atom stereocenters. The molecule has 0 aromatic carbocycles. The average Bonchev–Trinajstić information content (AvgIpc) is 3.43. The minimum absolute atomic E-state index is 0.00206. The highest BCUT2D eigenvalue weighted by molar-refractivity contribution is 5.76. The van der Waals surface area contributed by atoms with Gasteiger partial charge in [0.15, 0.2) is 0 Å². The molecule has 0 saturated heterocycles. The summed E-state index contributed by atoms with van der Waals surface area (Å²) in [6.45, 7) is 4.88. The molecule has 0 aromatic rings. The molecule has 0 rings (SSSR count). The van der Waals surface area contributed by atoms with Crippen LogP contribution in [-0.4, -0.2) is 47.4 Å². The van der Waals surface area contributed by atoms with Gasteiger partial charge in [-0.15, -0.1) is 0 Å². The van der Waals surface area contributed by atoms with Gasteiger partial charge in [-0.3, -0.25) is 9.59 Å². The molecule has 77 heavy (non-hydrogen) atoms. The predicted molar refractivity (Wildman–Crippen MR) is 338 cm³/mol. The fourth-order valence-corrected chi connectivity index (χ4v) is 10.5. The molecule has 3 N–H and O–H groups in total. The Labute approximate surface area is 480 Å². The van der Waals surface area contributed by atoms with Crippen molar-refractivity contribution in [1.82, 2.24) is 5.32 Å². The number of allylic oxidation sites excluding steroid dienone is 7. The summed E-state index contributed by atoms with van der Waals surface area (Å²) in [6.07, 6.45) is 86.1. The Morgan fingerprint density at radius 1 is 0.364 bits per heavy atom. The van der Waals surface area contributed by atoms with Crippen LogP contribution in [0.15, 0.2) is 48.6 Å². The fraction of sp³-hybridized carbons (Fsp3) is 0.859. The zero-order valence-corrected chi connectivity index (χ0v) is 51.7. The predicted octanol–water partition coefficient (Wildman–Crippen LogP) is 22.1. The molecule has 0 fully saturated rings. The first kappa shape index (κ1) is 74.8. The van der Waals surface area contributed by atoms with E-state index in [-0.39, 0.29) is 18.5 Å². The summed E-state index contributed by atoms with van der Waals surface area (Å²) >= 11 is 0. The van der Waals surface area contributed by atoms with E-state index in [1.807, 2.05) is 6.08 Å². The van der Waals surface area contributed by atoms with Crippen LogP contribution in [0.3, 0.4) is 0 Å². The Kier molecular flexibility index (Phi) is 64.5. The van der Waals surface area contributed by atoms with Crippen LogP contribution in [0.5, 0.6) is 0 Å². The number of aliphatic hydroxyl groups is 2. The SMILES string of the molecule is CCCC/C=C\C/C=C\CCCCCCCC(=O)OCCCCCCCCCCCCCC/C=C\CCCCCCCCCCCCCCCCC(=O)NC(CO)C(O)/C=C/CCCCCCCCCCCCCCCC. The maximum atomic E-state index is 12.5. The summed E-state index contributed by atoms with van der Waals surface area (Å²) in [4.78, 5) is 24.5. The number of hydrogen-bond donors (Lipinski definition) is 3. The van der Waals surface area contributed by atoms with Crippen molar-refractivity contribution in [3.05, 3.63) is 48.6 Å². The highest BCUT2D eigenvalue weighted by Gasteiger charge is 2.18. The normalized spacial score (nSPS) is 12.8. The van der Waals surface area contributed by atoms with Crippen molar-refractivity contribution in [2.24, 2.45) is 0 Å². The minimum atomic E-state index is -0.844. The highest BCUT2D eigenvalue weighted by atomic mass is 16.5. The van der Waals surface area contributed by atoms with Crippen LogP contribution >= 0.6 is 0 Å². The number of hydrogen-bond acceptors (Lipinski definition) is 5. The second-order valence-corrected chi connectivity index (χ2v) is 23.5. The van der Waals surface area contributed by atoms with E-state index in [2.05, 4.69) is 55.6 Å². The largest absolute Gasteiger partial charge is 0.466 e. The number of amides is 1.